The fourth-order valence-corrected chi connectivity index (χ4v) is 5.11. The Morgan fingerprint density at radius 3 is 1.66 bits per heavy atom. The molecule has 0 saturated heterocycles. The van der Waals surface area contributed by atoms with Crippen LogP contribution in [0.25, 0.3) is 0 Å². The molecule has 0 N–H and O–H groups in total. The van der Waals surface area contributed by atoms with E-state index >= 15 is 0 Å². The van der Waals surface area contributed by atoms with Crippen molar-refractivity contribution in [3.63, 3.8) is 0 Å². The van der Waals surface area contributed by atoms with Crippen molar-refractivity contribution >= 4 is 39.6 Å². The molecular weight excluding hydrogens is 556 g/mol. The molecule has 0 bridgehead atoms. The maximum atomic E-state index is 5.37. The standard InChI is InChI=1S/C32H34N2O2S.BrH/c1-24-18-25(2)20-29(19-24)33-32(37-23-28-8-6-5-7-9-28)34(21-26-10-14-30(35-3)15-11-26)22-27-12-16-31(36-4)17-13-27;/h5-20H,21-23H2,1-4H3;1H. The van der Waals surface area contributed by atoms with Gasteiger partial charge in [-0.05, 0) is 78.1 Å². The third kappa shape index (κ3) is 8.67. The minimum atomic E-state index is 0. The van der Waals surface area contributed by atoms with Crippen LogP contribution in [-0.4, -0.2) is 24.3 Å². The van der Waals surface area contributed by atoms with Gasteiger partial charge in [-0.3, -0.25) is 0 Å². The van der Waals surface area contributed by atoms with Crippen LogP contribution >= 0.6 is 28.7 Å². The van der Waals surface area contributed by atoms with Crippen molar-refractivity contribution < 1.29 is 9.47 Å². The number of ether oxygens (including phenoxy) is 2. The Morgan fingerprint density at radius 2 is 1.18 bits per heavy atom. The highest BCUT2D eigenvalue weighted by molar-refractivity contribution is 8.93. The molecule has 0 aliphatic rings. The maximum absolute atomic E-state index is 5.37. The zero-order valence-corrected chi connectivity index (χ0v) is 24.9. The minimum absolute atomic E-state index is 0. The number of halogens is 1. The highest BCUT2D eigenvalue weighted by Gasteiger charge is 2.16. The van der Waals surface area contributed by atoms with E-state index in [2.05, 4.69) is 91.5 Å². The van der Waals surface area contributed by atoms with Crippen LogP contribution < -0.4 is 9.47 Å². The average Bonchev–Trinajstić information content (AvgIpc) is 2.91. The highest BCUT2D eigenvalue weighted by Crippen LogP contribution is 2.26. The van der Waals surface area contributed by atoms with Crippen molar-refractivity contribution in [1.82, 2.24) is 4.90 Å². The van der Waals surface area contributed by atoms with Gasteiger partial charge >= 0.3 is 0 Å². The topological polar surface area (TPSA) is 34.1 Å². The summed E-state index contributed by atoms with van der Waals surface area (Å²) < 4.78 is 10.7. The number of hydrogen-bond donors (Lipinski definition) is 0. The summed E-state index contributed by atoms with van der Waals surface area (Å²) in [4.78, 5) is 7.57. The normalized spacial score (nSPS) is 11.0. The molecule has 0 atom stereocenters. The monoisotopic (exact) mass is 590 g/mol. The predicted octanol–water partition coefficient (Wildman–Crippen LogP) is 8.52. The van der Waals surface area contributed by atoms with Gasteiger partial charge in [0.1, 0.15) is 11.5 Å². The van der Waals surface area contributed by atoms with Crippen LogP contribution in [0, 0.1) is 13.8 Å². The molecule has 0 saturated carbocycles. The second-order valence-corrected chi connectivity index (χ2v) is 10.0. The molecule has 0 aromatic heterocycles. The minimum Gasteiger partial charge on any atom is -0.497 e. The van der Waals surface area contributed by atoms with E-state index in [1.807, 2.05) is 24.3 Å². The average molecular weight is 592 g/mol. The predicted molar refractivity (Wildman–Crippen MR) is 166 cm³/mol. The Morgan fingerprint density at radius 1 is 0.684 bits per heavy atom. The van der Waals surface area contributed by atoms with Crippen LogP contribution in [0.3, 0.4) is 0 Å². The smallest absolute Gasteiger partial charge is 0.165 e. The number of amidine groups is 1. The summed E-state index contributed by atoms with van der Waals surface area (Å²) in [7, 11) is 3.39. The van der Waals surface area contributed by atoms with Crippen LogP contribution in [0.15, 0.2) is 102 Å². The summed E-state index contributed by atoms with van der Waals surface area (Å²) in [6, 6.07) is 33.6. The Hall–Kier alpha value is -3.22. The van der Waals surface area contributed by atoms with E-state index in [1.54, 1.807) is 26.0 Å². The first-order valence-electron chi connectivity index (χ1n) is 12.4. The largest absolute Gasteiger partial charge is 0.497 e. The van der Waals surface area contributed by atoms with Gasteiger partial charge in [0.2, 0.25) is 0 Å². The summed E-state index contributed by atoms with van der Waals surface area (Å²) >= 11 is 1.77. The first kappa shape index (κ1) is 29.3. The van der Waals surface area contributed by atoms with Crippen molar-refractivity contribution in [2.45, 2.75) is 32.7 Å². The number of methoxy groups -OCH3 is 2. The van der Waals surface area contributed by atoms with E-state index in [0.29, 0.717) is 0 Å². The molecule has 6 heteroatoms. The van der Waals surface area contributed by atoms with Crippen LogP contribution in [0.1, 0.15) is 27.8 Å². The van der Waals surface area contributed by atoms with Crippen molar-refractivity contribution in [2.24, 2.45) is 4.99 Å². The molecule has 0 aliphatic carbocycles. The van der Waals surface area contributed by atoms with Gasteiger partial charge in [-0.1, -0.05) is 72.4 Å². The number of benzene rings is 4. The van der Waals surface area contributed by atoms with Crippen LogP contribution in [-0.2, 0) is 18.8 Å². The van der Waals surface area contributed by atoms with E-state index in [4.69, 9.17) is 14.5 Å². The lowest BCUT2D eigenvalue weighted by Crippen LogP contribution is -2.28. The number of rotatable bonds is 9. The molecule has 0 fully saturated rings. The number of hydrogen-bond acceptors (Lipinski definition) is 4. The summed E-state index contributed by atoms with van der Waals surface area (Å²) in [5.41, 5.74) is 7.06. The number of aliphatic imine (C=N–C) groups is 1. The summed E-state index contributed by atoms with van der Waals surface area (Å²) in [5, 5.41) is 0.987. The van der Waals surface area contributed by atoms with Gasteiger partial charge in [0.15, 0.2) is 5.17 Å². The molecule has 0 heterocycles. The lowest BCUT2D eigenvalue weighted by atomic mass is 10.1. The number of aryl methyl sites for hydroxylation is 2. The van der Waals surface area contributed by atoms with Crippen molar-refractivity contribution in [1.29, 1.82) is 0 Å². The molecule has 198 valence electrons. The third-order valence-corrected chi connectivity index (χ3v) is 7.06. The molecule has 0 unspecified atom stereocenters. The first-order chi connectivity index (χ1) is 18.0. The number of thioether (sulfide) groups is 1. The Bertz CT molecular complexity index is 1240. The number of nitrogens with zero attached hydrogens (tertiary/aromatic N) is 2. The van der Waals surface area contributed by atoms with E-state index in [0.717, 1.165) is 41.2 Å². The van der Waals surface area contributed by atoms with Gasteiger partial charge in [-0.2, -0.15) is 0 Å². The molecular formula is C32H35BrN2O2S. The van der Waals surface area contributed by atoms with Crippen molar-refractivity contribution in [2.75, 3.05) is 14.2 Å². The molecule has 4 nitrogen and oxygen atoms in total. The Kier molecular flexibility index (Phi) is 11.3. The van der Waals surface area contributed by atoms with Gasteiger partial charge in [-0.25, -0.2) is 4.99 Å². The van der Waals surface area contributed by atoms with Crippen LogP contribution in [0.4, 0.5) is 5.69 Å². The molecule has 4 aromatic carbocycles. The van der Waals surface area contributed by atoms with Crippen molar-refractivity contribution in [3.8, 4) is 11.5 Å². The van der Waals surface area contributed by atoms with Gasteiger partial charge < -0.3 is 14.4 Å². The fraction of sp³-hybridized carbons (Fsp3) is 0.219. The second kappa shape index (κ2) is 14.6. The molecule has 0 radical (unpaired) electrons. The van der Waals surface area contributed by atoms with Gasteiger partial charge in [-0.15, -0.1) is 17.0 Å². The Labute approximate surface area is 241 Å². The quantitative estimate of drug-likeness (QED) is 0.144. The second-order valence-electron chi connectivity index (χ2n) is 9.07. The van der Waals surface area contributed by atoms with E-state index in [-0.39, 0.29) is 17.0 Å². The molecule has 4 rings (SSSR count). The SMILES string of the molecule is Br.COc1ccc(CN(Cc2ccc(OC)cc2)C(=Nc2cc(C)cc(C)c2)SCc2ccccc2)cc1. The van der Waals surface area contributed by atoms with Crippen molar-refractivity contribution in [3.05, 3.63) is 125 Å². The van der Waals surface area contributed by atoms with Gasteiger partial charge in [0.25, 0.3) is 0 Å². The Balaban J connectivity index is 0.00000400. The van der Waals surface area contributed by atoms with Gasteiger partial charge in [0.05, 0.1) is 19.9 Å². The molecule has 4 aromatic rings. The van der Waals surface area contributed by atoms with E-state index in [9.17, 15) is 0 Å². The summed E-state index contributed by atoms with van der Waals surface area (Å²) in [6.07, 6.45) is 0. The third-order valence-electron chi connectivity index (χ3n) is 5.98. The summed E-state index contributed by atoms with van der Waals surface area (Å²) in [6.45, 7) is 5.69. The summed E-state index contributed by atoms with van der Waals surface area (Å²) in [5.74, 6) is 2.55. The lowest BCUT2D eigenvalue weighted by Gasteiger charge is -2.26. The van der Waals surface area contributed by atoms with E-state index in [1.165, 1.54) is 27.8 Å². The van der Waals surface area contributed by atoms with Crippen LogP contribution in [0.2, 0.25) is 0 Å². The van der Waals surface area contributed by atoms with Crippen LogP contribution in [0.5, 0.6) is 11.5 Å². The molecule has 0 aliphatic heterocycles. The first-order valence-corrected chi connectivity index (χ1v) is 13.4. The zero-order chi connectivity index (χ0) is 26.0. The maximum Gasteiger partial charge on any atom is 0.165 e. The zero-order valence-electron chi connectivity index (χ0n) is 22.4. The highest BCUT2D eigenvalue weighted by atomic mass is 79.9. The fourth-order valence-electron chi connectivity index (χ4n) is 4.14. The molecule has 0 amide bonds. The molecule has 38 heavy (non-hydrogen) atoms. The van der Waals surface area contributed by atoms with Gasteiger partial charge in [0, 0.05) is 18.8 Å². The lowest BCUT2D eigenvalue weighted by molar-refractivity contribution is 0.405. The van der Waals surface area contributed by atoms with E-state index < -0.39 is 0 Å². The molecule has 0 spiro atoms.